The zero-order valence-electron chi connectivity index (χ0n) is 7.29. The molecule has 72 valence electrons. The van der Waals surface area contributed by atoms with Crippen LogP contribution in [0.25, 0.3) is 0 Å². The SMILES string of the molecule is CNCC(=O)N(CCS)CCS. The average Bonchev–Trinajstić information content (AvgIpc) is 2.04. The van der Waals surface area contributed by atoms with Gasteiger partial charge in [-0.15, -0.1) is 0 Å². The fraction of sp³-hybridized carbons (Fsp3) is 0.857. The quantitative estimate of drug-likeness (QED) is 0.532. The molecule has 0 aromatic rings. The summed E-state index contributed by atoms with van der Waals surface area (Å²) in [6.07, 6.45) is 0. The van der Waals surface area contributed by atoms with Crippen molar-refractivity contribution in [1.82, 2.24) is 10.2 Å². The van der Waals surface area contributed by atoms with E-state index in [4.69, 9.17) is 0 Å². The largest absolute Gasteiger partial charge is 0.340 e. The number of thiol groups is 2. The molecular formula is C7H16N2OS2. The molecule has 0 aliphatic rings. The molecule has 0 aromatic carbocycles. The minimum absolute atomic E-state index is 0.112. The highest BCUT2D eigenvalue weighted by atomic mass is 32.1. The monoisotopic (exact) mass is 208 g/mol. The van der Waals surface area contributed by atoms with Crippen molar-refractivity contribution < 1.29 is 4.79 Å². The summed E-state index contributed by atoms with van der Waals surface area (Å²) in [6.45, 7) is 1.79. The van der Waals surface area contributed by atoms with E-state index in [1.54, 1.807) is 11.9 Å². The minimum atomic E-state index is 0.112. The number of amides is 1. The van der Waals surface area contributed by atoms with Crippen molar-refractivity contribution in [1.29, 1.82) is 0 Å². The van der Waals surface area contributed by atoms with Crippen LogP contribution in [0.5, 0.6) is 0 Å². The number of nitrogens with one attached hydrogen (secondary N) is 1. The van der Waals surface area contributed by atoms with Crippen LogP contribution >= 0.6 is 25.3 Å². The summed E-state index contributed by atoms with van der Waals surface area (Å²) < 4.78 is 0. The van der Waals surface area contributed by atoms with Gasteiger partial charge in [0.1, 0.15) is 0 Å². The molecule has 0 heterocycles. The van der Waals surface area contributed by atoms with Gasteiger partial charge in [-0.1, -0.05) is 0 Å². The van der Waals surface area contributed by atoms with Gasteiger partial charge < -0.3 is 10.2 Å². The van der Waals surface area contributed by atoms with E-state index < -0.39 is 0 Å². The van der Waals surface area contributed by atoms with Gasteiger partial charge in [0.15, 0.2) is 0 Å². The van der Waals surface area contributed by atoms with Crippen LogP contribution < -0.4 is 5.32 Å². The predicted molar refractivity (Wildman–Crippen MR) is 58.2 cm³/mol. The zero-order valence-corrected chi connectivity index (χ0v) is 9.07. The molecule has 0 saturated carbocycles. The van der Waals surface area contributed by atoms with Crippen molar-refractivity contribution in [3.63, 3.8) is 0 Å². The Kier molecular flexibility index (Phi) is 7.85. The number of carbonyl (C=O) groups is 1. The van der Waals surface area contributed by atoms with E-state index in [9.17, 15) is 4.79 Å². The molecule has 0 atom stereocenters. The van der Waals surface area contributed by atoms with Crippen molar-refractivity contribution in [2.75, 3.05) is 38.2 Å². The number of hydrogen-bond acceptors (Lipinski definition) is 4. The van der Waals surface area contributed by atoms with Gasteiger partial charge in [0.25, 0.3) is 0 Å². The molecule has 0 spiro atoms. The first-order valence-corrected chi connectivity index (χ1v) is 5.16. The van der Waals surface area contributed by atoms with Crippen LogP contribution in [-0.4, -0.2) is 49.0 Å². The lowest BCUT2D eigenvalue weighted by Gasteiger charge is -2.20. The maximum atomic E-state index is 11.3. The highest BCUT2D eigenvalue weighted by Gasteiger charge is 2.09. The number of carbonyl (C=O) groups excluding carboxylic acids is 1. The van der Waals surface area contributed by atoms with E-state index in [0.29, 0.717) is 31.1 Å². The van der Waals surface area contributed by atoms with Crippen molar-refractivity contribution >= 4 is 31.2 Å². The van der Waals surface area contributed by atoms with Crippen LogP contribution in [-0.2, 0) is 4.79 Å². The van der Waals surface area contributed by atoms with E-state index in [-0.39, 0.29) is 5.91 Å². The molecule has 0 saturated heterocycles. The van der Waals surface area contributed by atoms with Crippen molar-refractivity contribution in [2.45, 2.75) is 0 Å². The lowest BCUT2D eigenvalue weighted by Crippen LogP contribution is -2.39. The Balaban J connectivity index is 3.81. The Morgan fingerprint density at radius 2 is 1.83 bits per heavy atom. The van der Waals surface area contributed by atoms with Gasteiger partial charge in [0.05, 0.1) is 6.54 Å². The van der Waals surface area contributed by atoms with Crippen LogP contribution in [0, 0.1) is 0 Å². The number of likely N-dealkylation sites (N-methyl/N-ethyl adjacent to an activating group) is 1. The molecule has 12 heavy (non-hydrogen) atoms. The molecule has 0 rings (SSSR count). The Morgan fingerprint density at radius 3 is 2.17 bits per heavy atom. The second kappa shape index (κ2) is 7.76. The number of hydrogen-bond donors (Lipinski definition) is 3. The molecule has 1 N–H and O–H groups in total. The zero-order chi connectivity index (χ0) is 9.40. The topological polar surface area (TPSA) is 32.3 Å². The third-order valence-electron chi connectivity index (χ3n) is 1.42. The molecule has 1 amide bonds. The van der Waals surface area contributed by atoms with Gasteiger partial charge >= 0.3 is 0 Å². The Morgan fingerprint density at radius 1 is 1.33 bits per heavy atom. The van der Waals surface area contributed by atoms with Gasteiger partial charge in [0.2, 0.25) is 5.91 Å². The number of nitrogens with zero attached hydrogens (tertiary/aromatic N) is 1. The van der Waals surface area contributed by atoms with Gasteiger partial charge in [-0.25, -0.2) is 0 Å². The van der Waals surface area contributed by atoms with Crippen molar-refractivity contribution in [2.24, 2.45) is 0 Å². The Labute approximate surface area is 84.7 Å². The van der Waals surface area contributed by atoms with E-state index in [2.05, 4.69) is 30.6 Å². The smallest absolute Gasteiger partial charge is 0.236 e. The van der Waals surface area contributed by atoms with Crippen LogP contribution in [0.4, 0.5) is 0 Å². The third kappa shape index (κ3) is 4.90. The van der Waals surface area contributed by atoms with E-state index in [0.717, 1.165) is 0 Å². The fourth-order valence-electron chi connectivity index (χ4n) is 0.866. The molecule has 3 nitrogen and oxygen atoms in total. The van der Waals surface area contributed by atoms with E-state index >= 15 is 0 Å². The summed E-state index contributed by atoms with van der Waals surface area (Å²) in [5.41, 5.74) is 0. The molecule has 0 aromatic heterocycles. The van der Waals surface area contributed by atoms with Crippen LogP contribution in [0.1, 0.15) is 0 Å². The first-order chi connectivity index (χ1) is 5.76. The second-order valence-electron chi connectivity index (χ2n) is 2.36. The summed E-state index contributed by atoms with van der Waals surface area (Å²) in [6, 6.07) is 0. The van der Waals surface area contributed by atoms with Gasteiger partial charge in [-0.3, -0.25) is 4.79 Å². The van der Waals surface area contributed by atoms with E-state index in [1.807, 2.05) is 0 Å². The van der Waals surface area contributed by atoms with Crippen molar-refractivity contribution in [3.8, 4) is 0 Å². The van der Waals surface area contributed by atoms with Gasteiger partial charge in [-0.2, -0.15) is 25.3 Å². The standard InChI is InChI=1S/C7H16N2OS2/c1-8-6-7(10)9(2-4-11)3-5-12/h8,11-12H,2-6H2,1H3. The number of rotatable bonds is 6. The summed E-state index contributed by atoms with van der Waals surface area (Å²) in [4.78, 5) is 13.1. The molecule has 0 radical (unpaired) electrons. The van der Waals surface area contributed by atoms with Gasteiger partial charge in [0, 0.05) is 24.6 Å². The fourth-order valence-corrected chi connectivity index (χ4v) is 1.35. The first-order valence-electron chi connectivity index (χ1n) is 3.90. The van der Waals surface area contributed by atoms with Crippen LogP contribution in [0.2, 0.25) is 0 Å². The van der Waals surface area contributed by atoms with Crippen LogP contribution in [0.15, 0.2) is 0 Å². The maximum absolute atomic E-state index is 11.3. The summed E-state index contributed by atoms with van der Waals surface area (Å²) in [5.74, 6) is 1.51. The molecule has 0 unspecified atom stereocenters. The van der Waals surface area contributed by atoms with Gasteiger partial charge in [-0.05, 0) is 7.05 Å². The summed E-state index contributed by atoms with van der Waals surface area (Å²) >= 11 is 8.15. The van der Waals surface area contributed by atoms with Crippen molar-refractivity contribution in [3.05, 3.63) is 0 Å². The van der Waals surface area contributed by atoms with E-state index in [1.165, 1.54) is 0 Å². The lowest BCUT2D eigenvalue weighted by molar-refractivity contribution is -0.129. The molecule has 0 bridgehead atoms. The predicted octanol–water partition coefficient (Wildman–Crippen LogP) is -0.106. The minimum Gasteiger partial charge on any atom is -0.340 e. The Hall–Kier alpha value is 0.130. The molecule has 0 aliphatic heterocycles. The maximum Gasteiger partial charge on any atom is 0.236 e. The summed E-state index contributed by atoms with van der Waals surface area (Å²) in [7, 11) is 1.76. The normalized spacial score (nSPS) is 9.92. The molecular weight excluding hydrogens is 192 g/mol. The Bertz CT molecular complexity index is 127. The lowest BCUT2D eigenvalue weighted by atomic mass is 10.4. The summed E-state index contributed by atoms with van der Waals surface area (Å²) in [5, 5.41) is 2.82. The highest BCUT2D eigenvalue weighted by Crippen LogP contribution is 1.91. The molecule has 0 aliphatic carbocycles. The molecule has 5 heteroatoms. The first kappa shape index (κ1) is 12.1. The molecule has 0 fully saturated rings. The second-order valence-corrected chi connectivity index (χ2v) is 3.25. The van der Waals surface area contributed by atoms with Crippen LogP contribution in [0.3, 0.4) is 0 Å². The average molecular weight is 208 g/mol. The highest BCUT2D eigenvalue weighted by molar-refractivity contribution is 7.80. The third-order valence-corrected chi connectivity index (χ3v) is 1.82.